The average molecular weight is 400 g/mol. The first-order valence-corrected chi connectivity index (χ1v) is 10.1. The molecule has 8 heteroatoms. The van der Waals surface area contributed by atoms with Gasteiger partial charge in [0.05, 0.1) is 48.8 Å². The van der Waals surface area contributed by atoms with E-state index < -0.39 is 10.0 Å². The lowest BCUT2D eigenvalue weighted by Crippen LogP contribution is -3.13. The normalized spacial score (nSPS) is 16.6. The smallest absolute Gasteiger partial charge is 0.243 e. The van der Waals surface area contributed by atoms with E-state index >= 15 is 0 Å². The van der Waals surface area contributed by atoms with E-state index in [1.165, 1.54) is 17.5 Å². The number of quaternary nitrogens is 1. The van der Waals surface area contributed by atoms with Gasteiger partial charge < -0.3 is 9.64 Å². The Kier molecular flexibility index (Phi) is 5.82. The second-order valence-corrected chi connectivity index (χ2v) is 8.55. The zero-order chi connectivity index (χ0) is 18.7. The highest BCUT2D eigenvalue weighted by molar-refractivity contribution is 7.89. The van der Waals surface area contributed by atoms with Gasteiger partial charge in [0.2, 0.25) is 10.0 Å². The van der Waals surface area contributed by atoms with Gasteiger partial charge in [-0.2, -0.15) is 4.31 Å². The molecule has 0 unspecified atom stereocenters. The molecular weight excluding hydrogens is 379 g/mol. The summed E-state index contributed by atoms with van der Waals surface area (Å²) in [5.41, 5.74) is 0.482. The summed E-state index contributed by atoms with van der Waals surface area (Å²) in [4.78, 5) is 1.36. The first kappa shape index (κ1) is 19.1. The molecule has 0 radical (unpaired) electrons. The van der Waals surface area contributed by atoms with Gasteiger partial charge in [-0.25, -0.2) is 12.8 Å². The SMILES string of the molecule is COc1ccc(S(=O)(=O)N2CC[NH+](Cc3c(F)cccc3Cl)CC2)cc1. The highest BCUT2D eigenvalue weighted by atomic mass is 35.5. The quantitative estimate of drug-likeness (QED) is 0.830. The predicted molar refractivity (Wildman–Crippen MR) is 97.6 cm³/mol. The molecule has 0 atom stereocenters. The van der Waals surface area contributed by atoms with Gasteiger partial charge in [0.15, 0.2) is 0 Å². The summed E-state index contributed by atoms with van der Waals surface area (Å²) >= 11 is 6.08. The minimum Gasteiger partial charge on any atom is -0.497 e. The van der Waals surface area contributed by atoms with Crippen LogP contribution in [0, 0.1) is 5.82 Å². The Morgan fingerprint density at radius 2 is 1.81 bits per heavy atom. The summed E-state index contributed by atoms with van der Waals surface area (Å²) in [7, 11) is -2.00. The zero-order valence-corrected chi connectivity index (χ0v) is 16.0. The average Bonchev–Trinajstić information content (AvgIpc) is 2.65. The van der Waals surface area contributed by atoms with E-state index in [9.17, 15) is 12.8 Å². The summed E-state index contributed by atoms with van der Waals surface area (Å²) in [6.45, 7) is 2.41. The number of sulfonamides is 1. The Hall–Kier alpha value is -1.67. The van der Waals surface area contributed by atoms with Crippen molar-refractivity contribution < 1.29 is 22.4 Å². The molecule has 0 aliphatic carbocycles. The highest BCUT2D eigenvalue weighted by Gasteiger charge is 2.31. The molecule has 1 N–H and O–H groups in total. The van der Waals surface area contributed by atoms with E-state index in [2.05, 4.69) is 0 Å². The zero-order valence-electron chi connectivity index (χ0n) is 14.4. The minimum atomic E-state index is -3.54. The fraction of sp³-hybridized carbons (Fsp3) is 0.333. The molecule has 0 amide bonds. The lowest BCUT2D eigenvalue weighted by molar-refractivity contribution is -0.917. The third-order valence-corrected chi connectivity index (χ3v) is 6.88. The van der Waals surface area contributed by atoms with Crippen LogP contribution in [-0.4, -0.2) is 46.0 Å². The van der Waals surface area contributed by atoms with Crippen LogP contribution in [0.5, 0.6) is 5.75 Å². The standard InChI is InChI=1S/C18H20ClFN2O3S/c1-25-14-5-7-15(8-6-14)26(23,24)22-11-9-21(10-12-22)13-16-17(19)3-2-4-18(16)20/h2-8H,9-13H2,1H3/p+1. The lowest BCUT2D eigenvalue weighted by Gasteiger charge is -2.31. The topological polar surface area (TPSA) is 51.1 Å². The lowest BCUT2D eigenvalue weighted by atomic mass is 10.2. The van der Waals surface area contributed by atoms with Crippen LogP contribution in [0.4, 0.5) is 4.39 Å². The first-order chi connectivity index (χ1) is 12.4. The fourth-order valence-electron chi connectivity index (χ4n) is 3.07. The monoisotopic (exact) mass is 399 g/mol. The summed E-state index contributed by atoms with van der Waals surface area (Å²) < 4.78 is 46.0. The summed E-state index contributed by atoms with van der Waals surface area (Å²) in [6, 6.07) is 11.0. The molecule has 0 spiro atoms. The molecule has 1 fully saturated rings. The van der Waals surface area contributed by atoms with Gasteiger partial charge in [0, 0.05) is 0 Å². The number of benzene rings is 2. The first-order valence-electron chi connectivity index (χ1n) is 8.32. The van der Waals surface area contributed by atoms with Gasteiger partial charge in [-0.1, -0.05) is 17.7 Å². The van der Waals surface area contributed by atoms with Crippen LogP contribution in [-0.2, 0) is 16.6 Å². The maximum Gasteiger partial charge on any atom is 0.243 e. The number of piperazine rings is 1. The maximum absolute atomic E-state index is 13.9. The number of hydrogen-bond acceptors (Lipinski definition) is 3. The molecule has 26 heavy (non-hydrogen) atoms. The van der Waals surface area contributed by atoms with Gasteiger partial charge in [0.1, 0.15) is 18.1 Å². The number of nitrogens with zero attached hydrogens (tertiary/aromatic N) is 1. The number of hydrogen-bond donors (Lipinski definition) is 1. The molecular formula is C18H21ClFN2O3S+. The van der Waals surface area contributed by atoms with Crippen molar-refractivity contribution in [3.05, 3.63) is 58.9 Å². The van der Waals surface area contributed by atoms with Crippen LogP contribution in [0.3, 0.4) is 0 Å². The van der Waals surface area contributed by atoms with Gasteiger partial charge in [-0.15, -0.1) is 0 Å². The molecule has 2 aromatic carbocycles. The number of methoxy groups -OCH3 is 1. The molecule has 0 bridgehead atoms. The number of halogens is 2. The summed E-state index contributed by atoms with van der Waals surface area (Å²) in [5, 5.41) is 0.408. The molecule has 3 rings (SSSR count). The van der Waals surface area contributed by atoms with Crippen molar-refractivity contribution in [2.24, 2.45) is 0 Å². The molecule has 0 aromatic heterocycles. The number of rotatable bonds is 5. The Bertz CT molecular complexity index is 846. The van der Waals surface area contributed by atoms with E-state index in [0.717, 1.165) is 4.90 Å². The van der Waals surface area contributed by atoms with Crippen molar-refractivity contribution in [1.29, 1.82) is 0 Å². The second kappa shape index (κ2) is 7.92. The number of nitrogens with one attached hydrogen (secondary N) is 1. The Balaban J connectivity index is 1.65. The van der Waals surface area contributed by atoms with Crippen LogP contribution in [0.1, 0.15) is 5.56 Å². The van der Waals surface area contributed by atoms with E-state index in [-0.39, 0.29) is 10.7 Å². The summed E-state index contributed by atoms with van der Waals surface area (Å²) in [6.07, 6.45) is 0. The summed E-state index contributed by atoms with van der Waals surface area (Å²) in [5.74, 6) is 0.290. The van der Waals surface area contributed by atoms with Gasteiger partial charge in [-0.3, -0.25) is 0 Å². The van der Waals surface area contributed by atoms with Crippen LogP contribution >= 0.6 is 11.6 Å². The van der Waals surface area contributed by atoms with E-state index in [1.54, 1.807) is 36.4 Å². The Morgan fingerprint density at radius 1 is 1.15 bits per heavy atom. The molecule has 2 aromatic rings. The van der Waals surface area contributed by atoms with Gasteiger partial charge >= 0.3 is 0 Å². The fourth-order valence-corrected chi connectivity index (χ4v) is 4.74. The van der Waals surface area contributed by atoms with Crippen LogP contribution < -0.4 is 9.64 Å². The van der Waals surface area contributed by atoms with E-state index in [4.69, 9.17) is 16.3 Å². The number of ether oxygens (including phenoxy) is 1. The third kappa shape index (κ3) is 4.01. The largest absolute Gasteiger partial charge is 0.497 e. The van der Waals surface area contributed by atoms with Crippen LogP contribution in [0.2, 0.25) is 5.02 Å². The third-order valence-electron chi connectivity index (χ3n) is 4.62. The molecule has 5 nitrogen and oxygen atoms in total. The van der Waals surface area contributed by atoms with Crippen molar-refractivity contribution in [2.45, 2.75) is 11.4 Å². The molecule has 1 heterocycles. The van der Waals surface area contributed by atoms with Crippen LogP contribution in [0.15, 0.2) is 47.4 Å². The van der Waals surface area contributed by atoms with Crippen LogP contribution in [0.25, 0.3) is 0 Å². The minimum absolute atomic E-state index is 0.249. The molecule has 140 valence electrons. The van der Waals surface area contributed by atoms with Gasteiger partial charge in [-0.05, 0) is 36.4 Å². The van der Waals surface area contributed by atoms with E-state index in [0.29, 0.717) is 49.1 Å². The Labute approximate surface area is 158 Å². The van der Waals surface area contributed by atoms with Crippen molar-refractivity contribution in [1.82, 2.24) is 4.31 Å². The van der Waals surface area contributed by atoms with Crippen molar-refractivity contribution in [3.63, 3.8) is 0 Å². The highest BCUT2D eigenvalue weighted by Crippen LogP contribution is 2.20. The second-order valence-electron chi connectivity index (χ2n) is 6.21. The molecule has 1 aliphatic heterocycles. The maximum atomic E-state index is 13.9. The molecule has 1 saturated heterocycles. The van der Waals surface area contributed by atoms with Gasteiger partial charge in [0.25, 0.3) is 0 Å². The van der Waals surface area contributed by atoms with Crippen molar-refractivity contribution in [2.75, 3.05) is 33.3 Å². The van der Waals surface area contributed by atoms with E-state index in [1.807, 2.05) is 0 Å². The van der Waals surface area contributed by atoms with Crippen molar-refractivity contribution in [3.8, 4) is 5.75 Å². The predicted octanol–water partition coefficient (Wildman–Crippen LogP) is 1.58. The Morgan fingerprint density at radius 3 is 2.38 bits per heavy atom. The molecule has 0 saturated carbocycles. The van der Waals surface area contributed by atoms with Crippen molar-refractivity contribution >= 4 is 21.6 Å². The molecule has 1 aliphatic rings.